The van der Waals surface area contributed by atoms with Crippen molar-refractivity contribution in [1.82, 2.24) is 4.98 Å². The summed E-state index contributed by atoms with van der Waals surface area (Å²) in [7, 11) is 0. The molecule has 0 atom stereocenters. The summed E-state index contributed by atoms with van der Waals surface area (Å²) in [6.45, 7) is 3.49. The van der Waals surface area contributed by atoms with Crippen LogP contribution in [-0.4, -0.2) is 18.1 Å². The van der Waals surface area contributed by atoms with Gasteiger partial charge in [0.15, 0.2) is 0 Å². The van der Waals surface area contributed by atoms with E-state index >= 15 is 0 Å². The average Bonchev–Trinajstić information content (AvgIpc) is 2.21. The molecule has 0 saturated carbocycles. The molecule has 0 radical (unpaired) electrons. The third kappa shape index (κ3) is 4.23. The molecule has 0 unspecified atom stereocenters. The van der Waals surface area contributed by atoms with E-state index in [4.69, 9.17) is 10.5 Å². The van der Waals surface area contributed by atoms with Crippen LogP contribution in [0.5, 0.6) is 5.75 Å². The number of nitrogens with zero attached hydrogens (tertiary/aromatic N) is 1. The van der Waals surface area contributed by atoms with Crippen LogP contribution in [0.2, 0.25) is 0 Å². The van der Waals surface area contributed by atoms with Crippen molar-refractivity contribution in [2.45, 2.75) is 26.2 Å². The fourth-order valence-corrected chi connectivity index (χ4v) is 1.15. The van der Waals surface area contributed by atoms with Gasteiger partial charge < -0.3 is 10.5 Å². The maximum Gasteiger partial charge on any atom is 0.137 e. The lowest BCUT2D eigenvalue weighted by molar-refractivity contribution is 0.304. The maximum atomic E-state index is 5.50. The van der Waals surface area contributed by atoms with E-state index in [9.17, 15) is 0 Å². The molecule has 78 valence electrons. The molecule has 2 N–H and O–H groups in total. The van der Waals surface area contributed by atoms with Gasteiger partial charge in [-0.25, -0.2) is 0 Å². The molecular formula is C11H18N2O. The zero-order valence-electron chi connectivity index (χ0n) is 8.70. The number of aromatic nitrogens is 1. The summed E-state index contributed by atoms with van der Waals surface area (Å²) in [5.41, 5.74) is 6.40. The summed E-state index contributed by atoms with van der Waals surface area (Å²) >= 11 is 0. The lowest BCUT2D eigenvalue weighted by atomic mass is 10.2. The quantitative estimate of drug-likeness (QED) is 0.703. The molecule has 0 saturated heterocycles. The minimum absolute atomic E-state index is 0.755. The summed E-state index contributed by atoms with van der Waals surface area (Å²) in [5.74, 6) is 0.850. The first-order valence-corrected chi connectivity index (χ1v) is 5.08. The van der Waals surface area contributed by atoms with E-state index in [-0.39, 0.29) is 0 Å². The SMILES string of the molecule is Cc1ccc(OCCCCCN)cn1. The van der Waals surface area contributed by atoms with Crippen LogP contribution in [0.4, 0.5) is 0 Å². The van der Waals surface area contributed by atoms with E-state index in [0.29, 0.717) is 0 Å². The third-order valence-corrected chi connectivity index (χ3v) is 2.00. The minimum atomic E-state index is 0.755. The Hall–Kier alpha value is -1.09. The minimum Gasteiger partial charge on any atom is -0.492 e. The molecule has 1 heterocycles. The van der Waals surface area contributed by atoms with Gasteiger partial charge in [-0.1, -0.05) is 0 Å². The highest BCUT2D eigenvalue weighted by molar-refractivity contribution is 5.18. The molecule has 0 spiro atoms. The fraction of sp³-hybridized carbons (Fsp3) is 0.545. The highest BCUT2D eigenvalue weighted by Crippen LogP contribution is 2.09. The number of aryl methyl sites for hydroxylation is 1. The molecule has 0 aromatic carbocycles. The summed E-state index contributed by atoms with van der Waals surface area (Å²) in [5, 5.41) is 0. The molecule has 0 aliphatic heterocycles. The van der Waals surface area contributed by atoms with Crippen molar-refractivity contribution in [3.63, 3.8) is 0 Å². The van der Waals surface area contributed by atoms with Gasteiger partial charge in [0.05, 0.1) is 12.8 Å². The highest BCUT2D eigenvalue weighted by atomic mass is 16.5. The van der Waals surface area contributed by atoms with Crippen LogP contribution in [0.25, 0.3) is 0 Å². The number of ether oxygens (including phenoxy) is 1. The van der Waals surface area contributed by atoms with E-state index < -0.39 is 0 Å². The normalized spacial score (nSPS) is 10.1. The molecular weight excluding hydrogens is 176 g/mol. The van der Waals surface area contributed by atoms with Gasteiger partial charge in [0.2, 0.25) is 0 Å². The smallest absolute Gasteiger partial charge is 0.137 e. The number of rotatable bonds is 6. The Kier molecular flexibility index (Phi) is 5.00. The van der Waals surface area contributed by atoms with Gasteiger partial charge in [0.25, 0.3) is 0 Å². The molecule has 0 bridgehead atoms. The number of hydrogen-bond donors (Lipinski definition) is 1. The fourth-order valence-electron chi connectivity index (χ4n) is 1.15. The van der Waals surface area contributed by atoms with Crippen molar-refractivity contribution in [3.8, 4) is 5.75 Å². The first-order chi connectivity index (χ1) is 6.83. The Bertz CT molecular complexity index is 246. The van der Waals surface area contributed by atoms with Crippen LogP contribution in [0.3, 0.4) is 0 Å². The zero-order chi connectivity index (χ0) is 10.2. The van der Waals surface area contributed by atoms with Crippen LogP contribution >= 0.6 is 0 Å². The van der Waals surface area contributed by atoms with Gasteiger partial charge in [-0.05, 0) is 44.9 Å². The summed E-state index contributed by atoms with van der Waals surface area (Å²) < 4.78 is 5.50. The average molecular weight is 194 g/mol. The van der Waals surface area contributed by atoms with Crippen LogP contribution in [0.1, 0.15) is 25.0 Å². The Labute approximate surface area is 85.3 Å². The second kappa shape index (κ2) is 6.38. The molecule has 0 fully saturated rings. The first kappa shape index (κ1) is 11.0. The van der Waals surface area contributed by atoms with Crippen LogP contribution < -0.4 is 10.5 Å². The molecule has 0 aliphatic rings. The van der Waals surface area contributed by atoms with Crippen molar-refractivity contribution in [2.24, 2.45) is 5.73 Å². The van der Waals surface area contributed by atoms with Gasteiger partial charge in [-0.15, -0.1) is 0 Å². The molecule has 0 amide bonds. The van der Waals surface area contributed by atoms with Crippen molar-refractivity contribution < 1.29 is 4.74 Å². The standard InChI is InChI=1S/C11H18N2O/c1-10-5-6-11(9-13-10)14-8-4-2-3-7-12/h5-6,9H,2-4,7-8,12H2,1H3. The lowest BCUT2D eigenvalue weighted by Gasteiger charge is -2.05. The molecule has 1 rings (SSSR count). The van der Waals surface area contributed by atoms with E-state index in [2.05, 4.69) is 4.98 Å². The summed E-state index contributed by atoms with van der Waals surface area (Å²) in [4.78, 5) is 4.15. The Morgan fingerprint density at radius 1 is 1.29 bits per heavy atom. The van der Waals surface area contributed by atoms with Gasteiger partial charge in [-0.2, -0.15) is 0 Å². The molecule has 1 aromatic heterocycles. The molecule has 14 heavy (non-hydrogen) atoms. The molecule has 3 heteroatoms. The highest BCUT2D eigenvalue weighted by Gasteiger charge is 1.93. The van der Waals surface area contributed by atoms with Crippen molar-refractivity contribution in [1.29, 1.82) is 0 Å². The number of pyridine rings is 1. The monoisotopic (exact) mass is 194 g/mol. The summed E-state index contributed by atoms with van der Waals surface area (Å²) in [6, 6.07) is 3.90. The van der Waals surface area contributed by atoms with Crippen molar-refractivity contribution in [3.05, 3.63) is 24.0 Å². The Morgan fingerprint density at radius 3 is 2.79 bits per heavy atom. The predicted octanol–water partition coefficient (Wildman–Crippen LogP) is 1.90. The Morgan fingerprint density at radius 2 is 2.14 bits per heavy atom. The lowest BCUT2D eigenvalue weighted by Crippen LogP contribution is -2.01. The molecule has 1 aromatic rings. The molecule has 0 aliphatic carbocycles. The van der Waals surface area contributed by atoms with Crippen LogP contribution in [-0.2, 0) is 0 Å². The number of hydrogen-bond acceptors (Lipinski definition) is 3. The largest absolute Gasteiger partial charge is 0.492 e. The van der Waals surface area contributed by atoms with E-state index in [1.54, 1.807) is 6.20 Å². The van der Waals surface area contributed by atoms with Crippen molar-refractivity contribution >= 4 is 0 Å². The summed E-state index contributed by atoms with van der Waals surface area (Å²) in [6.07, 6.45) is 5.04. The number of nitrogens with two attached hydrogens (primary N) is 1. The van der Waals surface area contributed by atoms with E-state index in [1.807, 2.05) is 19.1 Å². The Balaban J connectivity index is 2.15. The van der Waals surface area contributed by atoms with Crippen molar-refractivity contribution in [2.75, 3.05) is 13.2 Å². The van der Waals surface area contributed by atoms with Gasteiger partial charge in [0.1, 0.15) is 5.75 Å². The third-order valence-electron chi connectivity index (χ3n) is 2.00. The topological polar surface area (TPSA) is 48.1 Å². The van der Waals surface area contributed by atoms with Crippen LogP contribution in [0, 0.1) is 6.92 Å². The second-order valence-electron chi connectivity index (χ2n) is 3.33. The van der Waals surface area contributed by atoms with Gasteiger partial charge in [0, 0.05) is 5.69 Å². The van der Waals surface area contributed by atoms with Gasteiger partial charge in [-0.3, -0.25) is 4.98 Å². The van der Waals surface area contributed by atoms with E-state index in [1.165, 1.54) is 0 Å². The van der Waals surface area contributed by atoms with Crippen LogP contribution in [0.15, 0.2) is 18.3 Å². The molecule has 3 nitrogen and oxygen atoms in total. The second-order valence-corrected chi connectivity index (χ2v) is 3.33. The zero-order valence-corrected chi connectivity index (χ0v) is 8.70. The van der Waals surface area contributed by atoms with E-state index in [0.717, 1.165) is 43.9 Å². The van der Waals surface area contributed by atoms with Gasteiger partial charge >= 0.3 is 0 Å². The maximum absolute atomic E-state index is 5.50. The number of unbranched alkanes of at least 4 members (excludes halogenated alkanes) is 2. The predicted molar refractivity (Wildman–Crippen MR) is 57.4 cm³/mol. The first-order valence-electron chi connectivity index (χ1n) is 5.08.